The van der Waals surface area contributed by atoms with Gasteiger partial charge in [0.2, 0.25) is 5.91 Å². The van der Waals surface area contributed by atoms with Crippen molar-refractivity contribution in [2.45, 2.75) is 43.9 Å². The van der Waals surface area contributed by atoms with E-state index in [1.807, 2.05) is 15.8 Å². The normalized spacial score (nSPS) is 31.4. The van der Waals surface area contributed by atoms with Gasteiger partial charge in [0, 0.05) is 38.3 Å². The number of nitrogens with zero attached hydrogens (tertiary/aromatic N) is 4. The fourth-order valence-electron chi connectivity index (χ4n) is 3.40. The number of carbonyl (C=O) groups is 1. The minimum absolute atomic E-state index is 0.133. The first-order chi connectivity index (χ1) is 9.72. The van der Waals surface area contributed by atoms with Crippen molar-refractivity contribution in [2.75, 3.05) is 24.5 Å². The number of aromatic nitrogens is 2. The molecule has 3 heterocycles. The molecule has 0 bridgehead atoms. The van der Waals surface area contributed by atoms with Crippen LogP contribution >= 0.6 is 0 Å². The number of hydrogen-bond donors (Lipinski definition) is 1. The second-order valence-corrected chi connectivity index (χ2v) is 6.15. The van der Waals surface area contributed by atoms with E-state index in [0.29, 0.717) is 18.5 Å². The van der Waals surface area contributed by atoms with Gasteiger partial charge in [-0.15, -0.1) is 0 Å². The second-order valence-electron chi connectivity index (χ2n) is 6.15. The van der Waals surface area contributed by atoms with Gasteiger partial charge in [0.05, 0.1) is 24.0 Å². The van der Waals surface area contributed by atoms with Gasteiger partial charge in [-0.3, -0.25) is 14.4 Å². The van der Waals surface area contributed by atoms with Crippen LogP contribution in [0.15, 0.2) is 12.4 Å². The van der Waals surface area contributed by atoms with Crippen LogP contribution in [0.3, 0.4) is 0 Å². The van der Waals surface area contributed by atoms with Gasteiger partial charge in [0.1, 0.15) is 0 Å². The van der Waals surface area contributed by atoms with Crippen molar-refractivity contribution in [2.24, 2.45) is 0 Å². The van der Waals surface area contributed by atoms with Crippen molar-refractivity contribution in [1.82, 2.24) is 14.7 Å². The first kappa shape index (κ1) is 12.3. The van der Waals surface area contributed by atoms with E-state index in [9.17, 15) is 9.90 Å². The van der Waals surface area contributed by atoms with E-state index in [-0.39, 0.29) is 12.0 Å². The molecule has 20 heavy (non-hydrogen) atoms. The van der Waals surface area contributed by atoms with E-state index in [1.54, 1.807) is 6.20 Å². The molecule has 6 nitrogen and oxygen atoms in total. The van der Waals surface area contributed by atoms with E-state index >= 15 is 0 Å². The summed E-state index contributed by atoms with van der Waals surface area (Å²) >= 11 is 0. The van der Waals surface area contributed by atoms with Crippen molar-refractivity contribution in [3.63, 3.8) is 0 Å². The third-order valence-corrected chi connectivity index (χ3v) is 4.91. The van der Waals surface area contributed by atoms with Crippen LogP contribution in [0.1, 0.15) is 31.7 Å². The maximum absolute atomic E-state index is 11.7. The Kier molecular flexibility index (Phi) is 2.82. The Hall–Kier alpha value is -1.40. The van der Waals surface area contributed by atoms with Crippen molar-refractivity contribution in [1.29, 1.82) is 0 Å². The number of anilines is 1. The van der Waals surface area contributed by atoms with E-state index < -0.39 is 0 Å². The zero-order chi connectivity index (χ0) is 13.7. The van der Waals surface area contributed by atoms with Crippen molar-refractivity contribution >= 4 is 11.6 Å². The Morgan fingerprint density at radius 3 is 2.75 bits per heavy atom. The smallest absolute Gasteiger partial charge is 0.227 e. The third-order valence-electron chi connectivity index (χ3n) is 4.91. The maximum Gasteiger partial charge on any atom is 0.227 e. The predicted molar refractivity (Wildman–Crippen MR) is 73.5 cm³/mol. The first-order valence-electron chi connectivity index (χ1n) is 7.49. The Morgan fingerprint density at radius 2 is 2.15 bits per heavy atom. The highest BCUT2D eigenvalue weighted by molar-refractivity contribution is 5.95. The fraction of sp³-hybridized carbons (Fsp3) is 0.714. The van der Waals surface area contributed by atoms with Crippen molar-refractivity contribution < 1.29 is 9.90 Å². The molecule has 6 heteroatoms. The van der Waals surface area contributed by atoms with Gasteiger partial charge in [-0.1, -0.05) is 0 Å². The predicted octanol–water partition coefficient (Wildman–Crippen LogP) is 0.390. The van der Waals surface area contributed by atoms with E-state index in [1.165, 1.54) is 0 Å². The number of likely N-dealkylation sites (tertiary alicyclic amines) is 1. The maximum atomic E-state index is 11.7. The van der Waals surface area contributed by atoms with Gasteiger partial charge in [0.15, 0.2) is 0 Å². The van der Waals surface area contributed by atoms with Gasteiger partial charge in [-0.05, 0) is 19.3 Å². The minimum atomic E-state index is -0.133. The topological polar surface area (TPSA) is 61.6 Å². The molecule has 0 radical (unpaired) electrons. The summed E-state index contributed by atoms with van der Waals surface area (Å²) < 4.78 is 1.97. The summed E-state index contributed by atoms with van der Waals surface area (Å²) in [6, 6.07) is 0.746. The molecule has 2 aliphatic heterocycles. The fourth-order valence-corrected chi connectivity index (χ4v) is 3.40. The molecule has 1 amide bonds. The summed E-state index contributed by atoms with van der Waals surface area (Å²) in [5.74, 6) is 0.206. The monoisotopic (exact) mass is 276 g/mol. The molecular weight excluding hydrogens is 256 g/mol. The Balaban J connectivity index is 1.39. The summed E-state index contributed by atoms with van der Waals surface area (Å²) in [7, 11) is 0. The minimum Gasteiger partial charge on any atom is -0.391 e. The average Bonchev–Trinajstić information content (AvgIpc) is 2.99. The summed E-state index contributed by atoms with van der Waals surface area (Å²) in [6.07, 6.45) is 7.30. The third kappa shape index (κ3) is 1.86. The van der Waals surface area contributed by atoms with Gasteiger partial charge in [-0.25, -0.2) is 0 Å². The molecule has 0 aromatic carbocycles. The number of amides is 1. The molecule has 4 rings (SSSR count). The summed E-state index contributed by atoms with van der Waals surface area (Å²) in [5.41, 5.74) is 0.926. The highest BCUT2D eigenvalue weighted by Gasteiger charge is 2.41. The lowest BCUT2D eigenvalue weighted by molar-refractivity contribution is -0.117. The Morgan fingerprint density at radius 1 is 1.30 bits per heavy atom. The molecule has 2 saturated heterocycles. The van der Waals surface area contributed by atoms with Crippen molar-refractivity contribution in [3.05, 3.63) is 12.4 Å². The lowest BCUT2D eigenvalue weighted by atomic mass is 9.85. The molecule has 0 spiro atoms. The molecular formula is C14H20N4O2. The zero-order valence-corrected chi connectivity index (χ0v) is 11.5. The van der Waals surface area contributed by atoms with Crippen LogP contribution in [0.2, 0.25) is 0 Å². The standard InChI is InChI=1S/C14H20N4O2/c19-13-4-3-12(13)16-7-11(8-16)18-9-10(6-15-18)17-5-1-2-14(17)20/h6,9,11-13,19H,1-5,7-8H2. The van der Waals surface area contributed by atoms with E-state index in [4.69, 9.17) is 0 Å². The number of hydrogen-bond acceptors (Lipinski definition) is 4. The van der Waals surface area contributed by atoms with Gasteiger partial charge in [0.25, 0.3) is 0 Å². The van der Waals surface area contributed by atoms with Crippen molar-refractivity contribution in [3.8, 4) is 0 Å². The number of carbonyl (C=O) groups excluding carboxylic acids is 1. The Bertz CT molecular complexity index is 523. The van der Waals surface area contributed by atoms with Crippen LogP contribution in [0, 0.1) is 0 Å². The lowest BCUT2D eigenvalue weighted by Gasteiger charge is -2.49. The summed E-state index contributed by atoms with van der Waals surface area (Å²) in [5, 5.41) is 14.1. The van der Waals surface area contributed by atoms with Crippen LogP contribution in [-0.4, -0.2) is 57.5 Å². The second kappa shape index (κ2) is 4.56. The Labute approximate surface area is 118 Å². The number of aliphatic hydroxyl groups excluding tert-OH is 1. The van der Waals surface area contributed by atoms with Crippen LogP contribution in [0.25, 0.3) is 0 Å². The average molecular weight is 276 g/mol. The first-order valence-corrected chi connectivity index (χ1v) is 7.49. The highest BCUT2D eigenvalue weighted by Crippen LogP contribution is 2.33. The number of rotatable bonds is 3. The van der Waals surface area contributed by atoms with Crippen LogP contribution < -0.4 is 4.90 Å². The van der Waals surface area contributed by atoms with Crippen LogP contribution in [-0.2, 0) is 4.79 Å². The quantitative estimate of drug-likeness (QED) is 0.867. The van der Waals surface area contributed by atoms with Crippen LogP contribution in [0.4, 0.5) is 5.69 Å². The summed E-state index contributed by atoms with van der Waals surface area (Å²) in [6.45, 7) is 2.73. The molecule has 3 fully saturated rings. The van der Waals surface area contributed by atoms with E-state index in [0.717, 1.165) is 44.6 Å². The molecule has 1 aromatic rings. The summed E-state index contributed by atoms with van der Waals surface area (Å²) in [4.78, 5) is 15.9. The molecule has 2 unspecified atom stereocenters. The largest absolute Gasteiger partial charge is 0.391 e. The highest BCUT2D eigenvalue weighted by atomic mass is 16.3. The van der Waals surface area contributed by atoms with Gasteiger partial charge < -0.3 is 10.0 Å². The molecule has 1 aromatic heterocycles. The van der Waals surface area contributed by atoms with Gasteiger partial charge >= 0.3 is 0 Å². The van der Waals surface area contributed by atoms with Crippen LogP contribution in [0.5, 0.6) is 0 Å². The zero-order valence-electron chi connectivity index (χ0n) is 11.5. The molecule has 108 valence electrons. The number of aliphatic hydroxyl groups is 1. The lowest BCUT2D eigenvalue weighted by Crippen LogP contribution is -2.60. The molecule has 1 aliphatic carbocycles. The van der Waals surface area contributed by atoms with E-state index in [2.05, 4.69) is 10.00 Å². The SMILES string of the molecule is O=C1CCCN1c1cnn(C2CN(C3CCC3O)C2)c1. The molecule has 1 N–H and O–H groups in total. The van der Waals surface area contributed by atoms with Gasteiger partial charge in [-0.2, -0.15) is 5.10 Å². The molecule has 3 aliphatic rings. The molecule has 2 atom stereocenters. The molecule has 1 saturated carbocycles.